The van der Waals surface area contributed by atoms with Crippen molar-refractivity contribution in [2.45, 2.75) is 70.8 Å². The monoisotopic (exact) mass is 457 g/mol. The fourth-order valence-electron chi connectivity index (χ4n) is 4.26. The van der Waals surface area contributed by atoms with Gasteiger partial charge in [-0.15, -0.1) is 0 Å². The Kier molecular flexibility index (Phi) is 6.39. The molecule has 0 spiro atoms. The SMILES string of the molecule is CC(C)(C)OC(=O)NC1CCC(C(=O)N2CCc3c(cc(C(F)(F)F)cc3[N+](=O)[O-])C2)C1. The van der Waals surface area contributed by atoms with Gasteiger partial charge in [0.25, 0.3) is 5.69 Å². The van der Waals surface area contributed by atoms with Gasteiger partial charge in [0.2, 0.25) is 5.91 Å². The number of carbonyl (C=O) groups excluding carboxylic acids is 2. The average molecular weight is 457 g/mol. The van der Waals surface area contributed by atoms with Crippen LogP contribution < -0.4 is 5.32 Å². The minimum atomic E-state index is -4.72. The zero-order valence-electron chi connectivity index (χ0n) is 18.1. The number of amides is 2. The van der Waals surface area contributed by atoms with Crippen LogP contribution in [0.15, 0.2) is 12.1 Å². The standard InChI is InChI=1S/C21H26F3N3O5/c1-20(2,3)32-19(29)25-15-5-4-12(9-15)18(28)26-7-6-16-13(11-26)8-14(21(22,23)24)10-17(16)27(30)31/h8,10,12,15H,4-7,9,11H2,1-3H3,(H,25,29). The lowest BCUT2D eigenvalue weighted by Crippen LogP contribution is -2.41. The molecule has 1 aliphatic heterocycles. The van der Waals surface area contributed by atoms with Crippen LogP contribution in [-0.2, 0) is 28.7 Å². The van der Waals surface area contributed by atoms with Crippen molar-refractivity contribution in [3.63, 3.8) is 0 Å². The summed E-state index contributed by atoms with van der Waals surface area (Å²) < 4.78 is 44.8. The van der Waals surface area contributed by atoms with Gasteiger partial charge in [-0.1, -0.05) is 0 Å². The summed E-state index contributed by atoms with van der Waals surface area (Å²) in [5, 5.41) is 14.1. The van der Waals surface area contributed by atoms with E-state index in [4.69, 9.17) is 4.74 Å². The predicted octanol–water partition coefficient (Wildman–Crippen LogP) is 4.19. The first-order chi connectivity index (χ1) is 14.7. The molecule has 1 N–H and O–H groups in total. The molecule has 32 heavy (non-hydrogen) atoms. The molecule has 3 rings (SSSR count). The van der Waals surface area contributed by atoms with Gasteiger partial charge < -0.3 is 15.0 Å². The van der Waals surface area contributed by atoms with E-state index in [1.807, 2.05) is 0 Å². The number of benzene rings is 1. The van der Waals surface area contributed by atoms with Crippen molar-refractivity contribution in [1.82, 2.24) is 10.2 Å². The number of nitro groups is 1. The molecule has 8 nitrogen and oxygen atoms in total. The first-order valence-corrected chi connectivity index (χ1v) is 10.4. The van der Waals surface area contributed by atoms with E-state index in [2.05, 4.69) is 5.32 Å². The predicted molar refractivity (Wildman–Crippen MR) is 108 cm³/mol. The van der Waals surface area contributed by atoms with E-state index >= 15 is 0 Å². The van der Waals surface area contributed by atoms with Gasteiger partial charge in [-0.2, -0.15) is 13.2 Å². The van der Waals surface area contributed by atoms with Crippen LogP contribution in [0.4, 0.5) is 23.7 Å². The highest BCUT2D eigenvalue weighted by atomic mass is 19.4. The zero-order chi connectivity index (χ0) is 23.8. The Labute approximate surface area is 183 Å². The molecule has 11 heteroatoms. The molecule has 0 aromatic heterocycles. The van der Waals surface area contributed by atoms with Gasteiger partial charge in [-0.25, -0.2) is 4.79 Å². The van der Waals surface area contributed by atoms with Gasteiger partial charge in [-0.3, -0.25) is 14.9 Å². The highest BCUT2D eigenvalue weighted by Crippen LogP contribution is 2.38. The van der Waals surface area contributed by atoms with Crippen molar-refractivity contribution in [3.8, 4) is 0 Å². The fourth-order valence-corrected chi connectivity index (χ4v) is 4.26. The molecule has 1 saturated carbocycles. The maximum Gasteiger partial charge on any atom is 0.416 e. The number of nitrogens with zero attached hydrogens (tertiary/aromatic N) is 2. The number of carbonyl (C=O) groups is 2. The Hall–Kier alpha value is -2.85. The summed E-state index contributed by atoms with van der Waals surface area (Å²) in [6.07, 6.45) is -3.64. The third-order valence-corrected chi connectivity index (χ3v) is 5.65. The van der Waals surface area contributed by atoms with Crippen molar-refractivity contribution in [3.05, 3.63) is 38.9 Å². The number of alkyl carbamates (subject to hydrolysis) is 1. The Balaban J connectivity index is 1.69. The Morgan fingerprint density at radius 1 is 1.22 bits per heavy atom. The number of hydrogen-bond acceptors (Lipinski definition) is 5. The molecule has 2 unspecified atom stereocenters. The van der Waals surface area contributed by atoms with Crippen LogP contribution in [0.2, 0.25) is 0 Å². The van der Waals surface area contributed by atoms with Crippen LogP contribution in [-0.4, -0.2) is 40.0 Å². The van der Waals surface area contributed by atoms with E-state index in [-0.39, 0.29) is 48.5 Å². The van der Waals surface area contributed by atoms with Gasteiger partial charge in [-0.05, 0) is 58.1 Å². The maximum absolute atomic E-state index is 13.2. The molecule has 176 valence electrons. The fraction of sp³-hybridized carbons (Fsp3) is 0.619. The van der Waals surface area contributed by atoms with E-state index < -0.39 is 34.0 Å². The van der Waals surface area contributed by atoms with Gasteiger partial charge in [0, 0.05) is 36.7 Å². The second-order valence-corrected chi connectivity index (χ2v) is 9.25. The highest BCUT2D eigenvalue weighted by molar-refractivity contribution is 5.80. The van der Waals surface area contributed by atoms with Gasteiger partial charge in [0.15, 0.2) is 0 Å². The van der Waals surface area contributed by atoms with Crippen molar-refractivity contribution in [1.29, 1.82) is 0 Å². The minimum absolute atomic E-state index is 0.112. The lowest BCUT2D eigenvalue weighted by atomic mass is 9.94. The van der Waals surface area contributed by atoms with Crippen molar-refractivity contribution < 1.29 is 32.4 Å². The number of hydrogen-bond donors (Lipinski definition) is 1. The molecule has 1 aliphatic carbocycles. The lowest BCUT2D eigenvalue weighted by Gasteiger charge is -2.31. The Morgan fingerprint density at radius 3 is 2.50 bits per heavy atom. The minimum Gasteiger partial charge on any atom is -0.444 e. The topological polar surface area (TPSA) is 102 Å². The average Bonchev–Trinajstić information content (AvgIpc) is 3.11. The number of halogens is 3. The molecular formula is C21H26F3N3O5. The second-order valence-electron chi connectivity index (χ2n) is 9.25. The van der Waals surface area contributed by atoms with E-state index in [1.54, 1.807) is 20.8 Å². The molecule has 0 saturated heterocycles. The molecule has 1 heterocycles. The van der Waals surface area contributed by atoms with Crippen LogP contribution in [0.25, 0.3) is 0 Å². The third kappa shape index (κ3) is 5.49. The van der Waals surface area contributed by atoms with Gasteiger partial charge in [0.05, 0.1) is 10.5 Å². The molecule has 1 aromatic carbocycles. The molecule has 2 atom stereocenters. The van der Waals surface area contributed by atoms with Gasteiger partial charge in [0.1, 0.15) is 5.60 Å². The number of nitro benzene ring substituents is 1. The highest BCUT2D eigenvalue weighted by Gasteiger charge is 2.38. The first kappa shape index (κ1) is 23.8. The Bertz CT molecular complexity index is 926. The lowest BCUT2D eigenvalue weighted by molar-refractivity contribution is -0.385. The van der Waals surface area contributed by atoms with Crippen LogP contribution in [0, 0.1) is 16.0 Å². The van der Waals surface area contributed by atoms with Crippen LogP contribution in [0.5, 0.6) is 0 Å². The summed E-state index contributed by atoms with van der Waals surface area (Å²) in [4.78, 5) is 36.9. The summed E-state index contributed by atoms with van der Waals surface area (Å²) in [5.74, 6) is -0.596. The summed E-state index contributed by atoms with van der Waals surface area (Å²) in [6.45, 7) is 5.32. The van der Waals surface area contributed by atoms with Crippen molar-refractivity contribution in [2.24, 2.45) is 5.92 Å². The smallest absolute Gasteiger partial charge is 0.416 e. The van der Waals surface area contributed by atoms with Gasteiger partial charge >= 0.3 is 12.3 Å². The van der Waals surface area contributed by atoms with E-state index in [1.165, 1.54) is 4.90 Å². The Morgan fingerprint density at radius 2 is 1.91 bits per heavy atom. The molecule has 0 radical (unpaired) electrons. The quantitative estimate of drug-likeness (QED) is 0.542. The largest absolute Gasteiger partial charge is 0.444 e. The van der Waals surface area contributed by atoms with E-state index in [9.17, 15) is 32.9 Å². The van der Waals surface area contributed by atoms with Crippen LogP contribution in [0.3, 0.4) is 0 Å². The number of fused-ring (bicyclic) bond motifs is 1. The summed E-state index contributed by atoms with van der Waals surface area (Å²) in [7, 11) is 0. The molecule has 0 bridgehead atoms. The molecule has 2 aliphatic rings. The zero-order valence-corrected chi connectivity index (χ0v) is 18.1. The molecular weight excluding hydrogens is 431 g/mol. The summed E-state index contributed by atoms with van der Waals surface area (Å²) in [6, 6.07) is 1.22. The third-order valence-electron chi connectivity index (χ3n) is 5.65. The number of alkyl halides is 3. The summed E-state index contributed by atoms with van der Waals surface area (Å²) >= 11 is 0. The van der Waals surface area contributed by atoms with Crippen LogP contribution in [0.1, 0.15) is 56.7 Å². The summed E-state index contributed by atoms with van der Waals surface area (Å²) in [5.41, 5.74) is -1.92. The van der Waals surface area contributed by atoms with E-state index in [0.29, 0.717) is 25.3 Å². The first-order valence-electron chi connectivity index (χ1n) is 10.4. The number of nitrogens with one attached hydrogen (secondary N) is 1. The van der Waals surface area contributed by atoms with Crippen molar-refractivity contribution >= 4 is 17.7 Å². The second kappa shape index (κ2) is 8.59. The van der Waals surface area contributed by atoms with Crippen LogP contribution >= 0.6 is 0 Å². The van der Waals surface area contributed by atoms with Crippen molar-refractivity contribution in [2.75, 3.05) is 6.54 Å². The molecule has 2 amide bonds. The number of rotatable bonds is 3. The number of ether oxygens (including phenoxy) is 1. The van der Waals surface area contributed by atoms with E-state index in [0.717, 1.165) is 6.07 Å². The molecule has 1 fully saturated rings. The molecule has 1 aromatic rings. The normalized spacial score (nSPS) is 21.1. The maximum atomic E-state index is 13.2.